The number of carboxylic acids is 1. The minimum Gasteiger partial charge on any atom is -0.478 e. The molecule has 2 N–H and O–H groups in total. The molecule has 0 aliphatic rings. The quantitative estimate of drug-likeness (QED) is 0.834. The van der Waals surface area contributed by atoms with Crippen LogP contribution in [0.2, 0.25) is 5.15 Å². The molecule has 22 heavy (non-hydrogen) atoms. The van der Waals surface area contributed by atoms with Crippen molar-refractivity contribution in [1.82, 2.24) is 4.98 Å². The lowest BCUT2D eigenvalue weighted by Gasteiger charge is -2.12. The first-order valence-electron chi connectivity index (χ1n) is 6.19. The zero-order valence-electron chi connectivity index (χ0n) is 11.8. The van der Waals surface area contributed by atoms with Gasteiger partial charge in [-0.3, -0.25) is 4.72 Å². The van der Waals surface area contributed by atoms with Crippen molar-refractivity contribution in [1.29, 1.82) is 0 Å². The SMILES string of the molecule is Cc1cc(C)c(S(=O)(=O)Nc2ccc(Cl)nc2)cc1C(=O)O. The summed E-state index contributed by atoms with van der Waals surface area (Å²) in [5, 5.41) is 9.37. The molecule has 0 fully saturated rings. The summed E-state index contributed by atoms with van der Waals surface area (Å²) in [5.41, 5.74) is 1.13. The van der Waals surface area contributed by atoms with E-state index in [0.29, 0.717) is 11.1 Å². The van der Waals surface area contributed by atoms with Gasteiger partial charge in [0.1, 0.15) is 5.15 Å². The second-order valence-electron chi connectivity index (χ2n) is 4.71. The first-order chi connectivity index (χ1) is 10.2. The molecule has 0 unspecified atom stereocenters. The van der Waals surface area contributed by atoms with Gasteiger partial charge in [-0.05, 0) is 43.2 Å². The molecule has 0 bridgehead atoms. The standard InChI is InChI=1S/C14H13ClN2O4S/c1-8-5-9(2)12(6-11(8)14(18)19)22(20,21)17-10-3-4-13(15)16-7-10/h3-7,17H,1-2H3,(H,18,19). The molecule has 116 valence electrons. The van der Waals surface area contributed by atoms with Gasteiger partial charge in [-0.2, -0.15) is 0 Å². The molecule has 2 rings (SSSR count). The third-order valence-electron chi connectivity index (χ3n) is 3.02. The predicted octanol–water partition coefficient (Wildman–Crippen LogP) is 2.85. The average molecular weight is 341 g/mol. The van der Waals surface area contributed by atoms with E-state index in [1.807, 2.05) is 0 Å². The summed E-state index contributed by atoms with van der Waals surface area (Å²) in [6, 6.07) is 5.59. The smallest absolute Gasteiger partial charge is 0.335 e. The minimum absolute atomic E-state index is 0.0554. The minimum atomic E-state index is -3.93. The number of aromatic nitrogens is 1. The Morgan fingerprint density at radius 2 is 1.91 bits per heavy atom. The molecule has 0 aliphatic carbocycles. The number of rotatable bonds is 4. The molecule has 1 aromatic heterocycles. The zero-order chi connectivity index (χ0) is 16.5. The number of anilines is 1. The van der Waals surface area contributed by atoms with Gasteiger partial charge in [-0.1, -0.05) is 17.7 Å². The molecular formula is C14H13ClN2O4S. The van der Waals surface area contributed by atoms with Crippen molar-refractivity contribution in [3.8, 4) is 0 Å². The summed E-state index contributed by atoms with van der Waals surface area (Å²) in [6.45, 7) is 3.22. The lowest BCUT2D eigenvalue weighted by Crippen LogP contribution is -2.16. The molecule has 6 nitrogen and oxygen atoms in total. The molecule has 0 aliphatic heterocycles. The zero-order valence-corrected chi connectivity index (χ0v) is 13.4. The van der Waals surface area contributed by atoms with Crippen LogP contribution in [-0.4, -0.2) is 24.5 Å². The van der Waals surface area contributed by atoms with E-state index >= 15 is 0 Å². The van der Waals surface area contributed by atoms with E-state index in [1.54, 1.807) is 13.8 Å². The first kappa shape index (κ1) is 16.3. The van der Waals surface area contributed by atoms with Gasteiger partial charge >= 0.3 is 5.97 Å². The third-order valence-corrected chi connectivity index (χ3v) is 4.77. The van der Waals surface area contributed by atoms with E-state index in [2.05, 4.69) is 9.71 Å². The van der Waals surface area contributed by atoms with Gasteiger partial charge in [-0.25, -0.2) is 18.2 Å². The largest absolute Gasteiger partial charge is 0.478 e. The van der Waals surface area contributed by atoms with Crippen LogP contribution in [0, 0.1) is 13.8 Å². The Bertz CT molecular complexity index is 833. The van der Waals surface area contributed by atoms with E-state index in [0.717, 1.165) is 6.07 Å². The molecule has 0 radical (unpaired) electrons. The van der Waals surface area contributed by atoms with Crippen molar-refractivity contribution in [2.24, 2.45) is 0 Å². The maximum absolute atomic E-state index is 12.4. The molecule has 8 heteroatoms. The van der Waals surface area contributed by atoms with Crippen LogP contribution >= 0.6 is 11.6 Å². The monoisotopic (exact) mass is 340 g/mol. The van der Waals surface area contributed by atoms with Crippen molar-refractivity contribution in [2.45, 2.75) is 18.7 Å². The lowest BCUT2D eigenvalue weighted by molar-refractivity contribution is 0.0696. The number of sulfonamides is 1. The topological polar surface area (TPSA) is 96.4 Å². The predicted molar refractivity (Wildman–Crippen MR) is 82.9 cm³/mol. The van der Waals surface area contributed by atoms with Crippen LogP contribution < -0.4 is 4.72 Å². The van der Waals surface area contributed by atoms with Crippen molar-refractivity contribution < 1.29 is 18.3 Å². The Labute approximate surface area is 132 Å². The Morgan fingerprint density at radius 3 is 2.45 bits per heavy atom. The summed E-state index contributed by atoms with van der Waals surface area (Å²) in [6.07, 6.45) is 1.28. The molecule has 0 saturated heterocycles. The van der Waals surface area contributed by atoms with E-state index in [9.17, 15) is 13.2 Å². The lowest BCUT2D eigenvalue weighted by atomic mass is 10.1. The highest BCUT2D eigenvalue weighted by atomic mass is 35.5. The number of halogens is 1. The van der Waals surface area contributed by atoms with Gasteiger partial charge in [0.15, 0.2) is 0 Å². The molecule has 1 heterocycles. The van der Waals surface area contributed by atoms with Crippen LogP contribution in [0.25, 0.3) is 0 Å². The number of carbonyl (C=O) groups is 1. The Kier molecular flexibility index (Phi) is 4.39. The van der Waals surface area contributed by atoms with Crippen LogP contribution in [0.5, 0.6) is 0 Å². The van der Waals surface area contributed by atoms with Gasteiger partial charge in [0.05, 0.1) is 22.3 Å². The Morgan fingerprint density at radius 1 is 1.23 bits per heavy atom. The molecular weight excluding hydrogens is 328 g/mol. The van der Waals surface area contributed by atoms with Crippen LogP contribution in [0.4, 0.5) is 5.69 Å². The number of benzene rings is 1. The fraction of sp³-hybridized carbons (Fsp3) is 0.143. The number of aromatic carboxylic acids is 1. The van der Waals surface area contributed by atoms with Crippen LogP contribution in [0.15, 0.2) is 35.4 Å². The Balaban J connectivity index is 2.47. The average Bonchev–Trinajstić information content (AvgIpc) is 2.40. The molecule has 2 aromatic rings. The summed E-state index contributed by atoms with van der Waals surface area (Å²) in [7, 11) is -3.93. The third kappa shape index (κ3) is 3.37. The highest BCUT2D eigenvalue weighted by Crippen LogP contribution is 2.23. The van der Waals surface area contributed by atoms with Crippen LogP contribution in [0.3, 0.4) is 0 Å². The molecule has 0 saturated carbocycles. The van der Waals surface area contributed by atoms with Crippen molar-refractivity contribution in [3.63, 3.8) is 0 Å². The number of carboxylic acid groups (broad SMARTS) is 1. The number of hydrogen-bond acceptors (Lipinski definition) is 4. The van der Waals surface area contributed by atoms with Crippen molar-refractivity contribution in [3.05, 3.63) is 52.3 Å². The number of pyridine rings is 1. The van der Waals surface area contributed by atoms with Crippen LogP contribution in [0.1, 0.15) is 21.5 Å². The van der Waals surface area contributed by atoms with Gasteiger partial charge in [0.25, 0.3) is 10.0 Å². The summed E-state index contributed by atoms with van der Waals surface area (Å²) in [4.78, 5) is 14.9. The first-order valence-corrected chi connectivity index (χ1v) is 8.06. The van der Waals surface area contributed by atoms with Gasteiger partial charge in [-0.15, -0.1) is 0 Å². The fourth-order valence-electron chi connectivity index (χ4n) is 2.00. The second kappa shape index (κ2) is 5.94. The maximum Gasteiger partial charge on any atom is 0.335 e. The highest BCUT2D eigenvalue weighted by molar-refractivity contribution is 7.92. The van der Waals surface area contributed by atoms with Crippen molar-refractivity contribution >= 4 is 33.3 Å². The number of aryl methyl sites for hydroxylation is 2. The number of nitrogens with zero attached hydrogens (tertiary/aromatic N) is 1. The van der Waals surface area contributed by atoms with E-state index in [-0.39, 0.29) is 21.3 Å². The maximum atomic E-state index is 12.4. The van der Waals surface area contributed by atoms with E-state index in [4.69, 9.17) is 16.7 Å². The van der Waals surface area contributed by atoms with E-state index < -0.39 is 16.0 Å². The molecule has 1 aromatic carbocycles. The second-order valence-corrected chi connectivity index (χ2v) is 6.75. The van der Waals surface area contributed by atoms with Gasteiger partial charge in [0.2, 0.25) is 0 Å². The molecule has 0 atom stereocenters. The van der Waals surface area contributed by atoms with Gasteiger partial charge in [0, 0.05) is 0 Å². The Hall–Kier alpha value is -2.12. The summed E-state index contributed by atoms with van der Waals surface area (Å²) < 4.78 is 27.2. The molecule has 0 amide bonds. The number of nitrogens with one attached hydrogen (secondary N) is 1. The highest BCUT2D eigenvalue weighted by Gasteiger charge is 2.21. The van der Waals surface area contributed by atoms with Gasteiger partial charge < -0.3 is 5.11 Å². The van der Waals surface area contributed by atoms with Crippen LogP contribution in [-0.2, 0) is 10.0 Å². The fourth-order valence-corrected chi connectivity index (χ4v) is 3.41. The summed E-state index contributed by atoms with van der Waals surface area (Å²) >= 11 is 5.64. The summed E-state index contributed by atoms with van der Waals surface area (Å²) in [5.74, 6) is -1.18. The molecule has 0 spiro atoms. The van der Waals surface area contributed by atoms with E-state index in [1.165, 1.54) is 24.4 Å². The number of hydrogen-bond donors (Lipinski definition) is 2. The normalized spacial score (nSPS) is 11.2. The van der Waals surface area contributed by atoms with Crippen molar-refractivity contribution in [2.75, 3.05) is 4.72 Å².